The van der Waals surface area contributed by atoms with Crippen molar-refractivity contribution >= 4 is 22.9 Å². The molecule has 0 spiro atoms. The van der Waals surface area contributed by atoms with Gasteiger partial charge in [-0.1, -0.05) is 0 Å². The van der Waals surface area contributed by atoms with E-state index in [2.05, 4.69) is 20.3 Å². The summed E-state index contributed by atoms with van der Waals surface area (Å²) in [5, 5.41) is 33.3. The third-order valence-electron chi connectivity index (χ3n) is 4.27. The molecular formula is C15H22N6O6. The van der Waals surface area contributed by atoms with Crippen molar-refractivity contribution in [3.05, 3.63) is 12.7 Å². The molecule has 0 saturated carbocycles. The quantitative estimate of drug-likeness (QED) is 0.323. The van der Waals surface area contributed by atoms with Crippen molar-refractivity contribution in [2.75, 3.05) is 25.5 Å². The number of amides is 1. The van der Waals surface area contributed by atoms with Crippen LogP contribution in [0.1, 0.15) is 13.2 Å². The fourth-order valence-corrected chi connectivity index (χ4v) is 2.88. The second-order valence-corrected chi connectivity index (χ2v) is 5.99. The first-order chi connectivity index (χ1) is 13.0. The summed E-state index contributed by atoms with van der Waals surface area (Å²) in [5.74, 6) is -0.592. The standard InChI is InChI=1S/C15H22N6O6/c1-2-26-4-3-17-14(25)10(24)11-8(22)9(23)15(27-11)21-6-20-7-12(16)18-5-19-13(7)21/h5-6,8-11,15,22-24H,2-4H2,1H3,(H,17,25)(H2,16,18,19)/t8-,9+,10?,11-,15+/m0/s1. The van der Waals surface area contributed by atoms with Gasteiger partial charge in [-0.25, -0.2) is 15.0 Å². The van der Waals surface area contributed by atoms with Crippen LogP contribution >= 0.6 is 0 Å². The molecule has 0 aliphatic carbocycles. The highest BCUT2D eigenvalue weighted by molar-refractivity contribution is 5.82. The Hall–Kier alpha value is -2.38. The minimum absolute atomic E-state index is 0.150. The number of hydrogen-bond acceptors (Lipinski definition) is 10. The normalized spacial score (nSPS) is 26.4. The summed E-state index contributed by atoms with van der Waals surface area (Å²) in [7, 11) is 0. The van der Waals surface area contributed by atoms with Gasteiger partial charge in [0.05, 0.1) is 12.9 Å². The van der Waals surface area contributed by atoms with Crippen LogP contribution in [0.3, 0.4) is 0 Å². The number of nitrogens with one attached hydrogen (secondary N) is 1. The van der Waals surface area contributed by atoms with Crippen LogP contribution in [0.15, 0.2) is 12.7 Å². The molecule has 3 heterocycles. The van der Waals surface area contributed by atoms with E-state index in [4.69, 9.17) is 15.2 Å². The van der Waals surface area contributed by atoms with E-state index in [0.717, 1.165) is 0 Å². The van der Waals surface area contributed by atoms with E-state index in [-0.39, 0.29) is 24.6 Å². The maximum Gasteiger partial charge on any atom is 0.251 e. The van der Waals surface area contributed by atoms with E-state index in [0.29, 0.717) is 12.1 Å². The number of carbonyl (C=O) groups is 1. The van der Waals surface area contributed by atoms with Gasteiger partial charge in [-0.2, -0.15) is 0 Å². The van der Waals surface area contributed by atoms with E-state index in [1.807, 2.05) is 6.92 Å². The van der Waals surface area contributed by atoms with Crippen LogP contribution in [0, 0.1) is 0 Å². The Kier molecular flexibility index (Phi) is 5.82. The zero-order valence-corrected chi connectivity index (χ0v) is 14.6. The molecule has 148 valence electrons. The minimum atomic E-state index is -1.68. The Morgan fingerprint density at radius 3 is 2.93 bits per heavy atom. The lowest BCUT2D eigenvalue weighted by molar-refractivity contribution is -0.143. The molecule has 1 unspecified atom stereocenters. The van der Waals surface area contributed by atoms with Crippen molar-refractivity contribution in [3.8, 4) is 0 Å². The number of nitrogen functional groups attached to an aromatic ring is 1. The number of anilines is 1. The Morgan fingerprint density at radius 2 is 2.19 bits per heavy atom. The second-order valence-electron chi connectivity index (χ2n) is 5.99. The molecule has 12 heteroatoms. The topological polar surface area (TPSA) is 178 Å². The highest BCUT2D eigenvalue weighted by Gasteiger charge is 2.49. The maximum absolute atomic E-state index is 12.0. The Bertz CT molecular complexity index is 800. The van der Waals surface area contributed by atoms with Crippen molar-refractivity contribution in [1.29, 1.82) is 0 Å². The van der Waals surface area contributed by atoms with Gasteiger partial charge < -0.3 is 35.8 Å². The lowest BCUT2D eigenvalue weighted by atomic mass is 10.1. The first kappa shape index (κ1) is 19.4. The molecule has 27 heavy (non-hydrogen) atoms. The van der Waals surface area contributed by atoms with E-state index in [1.54, 1.807) is 0 Å². The summed E-state index contributed by atoms with van der Waals surface area (Å²) in [4.78, 5) is 24.0. The highest BCUT2D eigenvalue weighted by atomic mass is 16.6. The molecule has 1 fully saturated rings. The molecule has 5 atom stereocenters. The van der Waals surface area contributed by atoms with Crippen molar-refractivity contribution in [2.45, 2.75) is 37.6 Å². The predicted molar refractivity (Wildman–Crippen MR) is 91.2 cm³/mol. The summed E-state index contributed by atoms with van der Waals surface area (Å²) in [5.41, 5.74) is 6.32. The summed E-state index contributed by atoms with van der Waals surface area (Å²) < 4.78 is 12.0. The summed E-state index contributed by atoms with van der Waals surface area (Å²) in [6.45, 7) is 2.81. The lowest BCUT2D eigenvalue weighted by Gasteiger charge is -2.20. The fraction of sp³-hybridized carbons (Fsp3) is 0.600. The summed E-state index contributed by atoms with van der Waals surface area (Å²) >= 11 is 0. The average molecular weight is 382 g/mol. The number of nitrogens with zero attached hydrogens (tertiary/aromatic N) is 4. The molecule has 3 rings (SSSR count). The first-order valence-electron chi connectivity index (χ1n) is 8.43. The van der Waals surface area contributed by atoms with Crippen molar-refractivity contribution < 1.29 is 29.6 Å². The van der Waals surface area contributed by atoms with E-state index >= 15 is 0 Å². The molecule has 1 saturated heterocycles. The smallest absolute Gasteiger partial charge is 0.251 e. The fourth-order valence-electron chi connectivity index (χ4n) is 2.88. The van der Waals surface area contributed by atoms with Crippen molar-refractivity contribution in [2.24, 2.45) is 0 Å². The number of nitrogens with two attached hydrogens (primary N) is 1. The SMILES string of the molecule is CCOCCNC(=O)C(O)[C@H]1O[C@@H](n2cnc3c(N)ncnc32)[C@H](O)[C@@H]1O. The lowest BCUT2D eigenvalue weighted by Crippen LogP contribution is -2.48. The highest BCUT2D eigenvalue weighted by Crippen LogP contribution is 2.33. The third kappa shape index (κ3) is 3.70. The molecule has 2 aromatic rings. The number of ether oxygens (including phenoxy) is 2. The second kappa shape index (κ2) is 8.10. The van der Waals surface area contributed by atoms with Crippen LogP contribution in [0.2, 0.25) is 0 Å². The maximum atomic E-state index is 12.0. The van der Waals surface area contributed by atoms with Gasteiger partial charge in [0.1, 0.15) is 30.2 Å². The van der Waals surface area contributed by atoms with Crippen LogP contribution in [-0.2, 0) is 14.3 Å². The average Bonchev–Trinajstić information content (AvgIpc) is 3.21. The Balaban J connectivity index is 1.73. The van der Waals surface area contributed by atoms with Crippen molar-refractivity contribution in [1.82, 2.24) is 24.8 Å². The molecule has 1 aliphatic heterocycles. The number of aliphatic hydroxyl groups excluding tert-OH is 3. The number of aromatic nitrogens is 4. The monoisotopic (exact) mass is 382 g/mol. The van der Waals surface area contributed by atoms with E-state index in [9.17, 15) is 20.1 Å². The summed E-state index contributed by atoms with van der Waals surface area (Å²) in [6.07, 6.45) is -4.51. The van der Waals surface area contributed by atoms with Crippen LogP contribution in [0.25, 0.3) is 11.2 Å². The largest absolute Gasteiger partial charge is 0.387 e. The third-order valence-corrected chi connectivity index (χ3v) is 4.27. The molecule has 12 nitrogen and oxygen atoms in total. The van der Waals surface area contributed by atoms with E-state index < -0.39 is 36.6 Å². The summed E-state index contributed by atoms with van der Waals surface area (Å²) in [6, 6.07) is 0. The van der Waals surface area contributed by atoms with Gasteiger partial charge >= 0.3 is 0 Å². The Labute approximate surface area is 153 Å². The van der Waals surface area contributed by atoms with Crippen LogP contribution < -0.4 is 11.1 Å². The molecule has 1 aliphatic rings. The molecule has 1 amide bonds. The molecule has 2 aromatic heterocycles. The molecule has 0 bridgehead atoms. The minimum Gasteiger partial charge on any atom is -0.387 e. The van der Waals surface area contributed by atoms with Gasteiger partial charge in [-0.05, 0) is 6.92 Å². The molecule has 0 aromatic carbocycles. The predicted octanol–water partition coefficient (Wildman–Crippen LogP) is -2.46. The van der Waals surface area contributed by atoms with Crippen LogP contribution in [0.4, 0.5) is 5.82 Å². The van der Waals surface area contributed by atoms with Gasteiger partial charge in [0.15, 0.2) is 23.8 Å². The van der Waals surface area contributed by atoms with E-state index in [1.165, 1.54) is 17.2 Å². The van der Waals surface area contributed by atoms with Gasteiger partial charge in [-0.3, -0.25) is 9.36 Å². The number of carbonyl (C=O) groups excluding carboxylic acids is 1. The molecule has 0 radical (unpaired) electrons. The number of imidazole rings is 1. The number of rotatable bonds is 7. The Morgan fingerprint density at radius 1 is 1.41 bits per heavy atom. The van der Waals surface area contributed by atoms with Gasteiger partial charge in [0, 0.05) is 13.2 Å². The van der Waals surface area contributed by atoms with Gasteiger partial charge in [0.2, 0.25) is 0 Å². The van der Waals surface area contributed by atoms with Crippen LogP contribution in [0.5, 0.6) is 0 Å². The number of hydrogen-bond donors (Lipinski definition) is 5. The van der Waals surface area contributed by atoms with Gasteiger partial charge in [0.25, 0.3) is 5.91 Å². The molecule has 6 N–H and O–H groups in total. The van der Waals surface area contributed by atoms with Crippen LogP contribution in [-0.4, -0.2) is 84.9 Å². The zero-order valence-electron chi connectivity index (χ0n) is 14.6. The number of aliphatic hydroxyl groups is 3. The van der Waals surface area contributed by atoms with Crippen molar-refractivity contribution in [3.63, 3.8) is 0 Å². The zero-order chi connectivity index (χ0) is 19.6. The first-order valence-corrected chi connectivity index (χ1v) is 8.43. The van der Waals surface area contributed by atoms with Gasteiger partial charge in [-0.15, -0.1) is 0 Å². The number of fused-ring (bicyclic) bond motifs is 1. The molecular weight excluding hydrogens is 360 g/mol.